The molecule has 0 spiro atoms. The van der Waals surface area contributed by atoms with E-state index in [-0.39, 0.29) is 6.04 Å². The molecule has 90 valence electrons. The highest BCUT2D eigenvalue weighted by Gasteiger charge is 2.17. The maximum atomic E-state index is 5.68. The molecule has 3 N–H and O–H groups in total. The summed E-state index contributed by atoms with van der Waals surface area (Å²) in [5.74, 6) is 5.68. The van der Waals surface area contributed by atoms with E-state index < -0.39 is 0 Å². The molecule has 1 aromatic carbocycles. The number of nitrogens with one attached hydrogen (secondary N) is 1. The average Bonchev–Trinajstić information content (AvgIpc) is 2.69. The number of hydrazine groups is 1. The molecule has 17 heavy (non-hydrogen) atoms. The summed E-state index contributed by atoms with van der Waals surface area (Å²) in [4.78, 5) is 4.13. The van der Waals surface area contributed by atoms with Crippen molar-refractivity contribution < 1.29 is 0 Å². The molecule has 0 bridgehead atoms. The number of nitrogens with zero attached hydrogens (tertiary/aromatic N) is 2. The summed E-state index contributed by atoms with van der Waals surface area (Å²) < 4.78 is 1.98. The molecule has 2 rings (SSSR count). The number of hydrogen-bond acceptors (Lipinski definition) is 3. The summed E-state index contributed by atoms with van der Waals surface area (Å²) in [5.41, 5.74) is 7.59. The van der Waals surface area contributed by atoms with Crippen LogP contribution in [-0.4, -0.2) is 9.55 Å². The van der Waals surface area contributed by atoms with Gasteiger partial charge in [0.25, 0.3) is 0 Å². The van der Waals surface area contributed by atoms with E-state index in [1.54, 1.807) is 6.33 Å². The third-order valence-electron chi connectivity index (χ3n) is 3.05. The van der Waals surface area contributed by atoms with E-state index in [1.165, 1.54) is 16.7 Å². The average molecular weight is 230 g/mol. The molecule has 0 aliphatic carbocycles. The van der Waals surface area contributed by atoms with Crippen molar-refractivity contribution in [2.45, 2.75) is 19.9 Å². The minimum Gasteiger partial charge on any atom is -0.336 e. The molecular formula is C13H18N4. The molecule has 0 aliphatic rings. The molecule has 0 saturated heterocycles. The summed E-state index contributed by atoms with van der Waals surface area (Å²) in [6.45, 7) is 4.19. The molecule has 0 radical (unpaired) electrons. The third-order valence-corrected chi connectivity index (χ3v) is 3.05. The number of imidazole rings is 1. The molecule has 0 amide bonds. The van der Waals surface area contributed by atoms with Gasteiger partial charge in [-0.1, -0.05) is 23.8 Å². The van der Waals surface area contributed by atoms with Gasteiger partial charge in [0.2, 0.25) is 0 Å². The number of benzene rings is 1. The lowest BCUT2D eigenvalue weighted by molar-refractivity contribution is 0.594. The molecule has 0 fully saturated rings. The van der Waals surface area contributed by atoms with E-state index in [0.717, 1.165) is 5.69 Å². The number of aryl methyl sites for hydroxylation is 3. The van der Waals surface area contributed by atoms with Crippen LogP contribution in [0.5, 0.6) is 0 Å². The van der Waals surface area contributed by atoms with Gasteiger partial charge in [-0.2, -0.15) is 0 Å². The van der Waals surface area contributed by atoms with E-state index in [2.05, 4.69) is 42.5 Å². The second-order valence-corrected chi connectivity index (χ2v) is 4.39. The Bertz CT molecular complexity index is 516. The molecule has 4 nitrogen and oxygen atoms in total. The minimum absolute atomic E-state index is 0.0249. The van der Waals surface area contributed by atoms with Crippen molar-refractivity contribution in [1.82, 2.24) is 15.0 Å². The van der Waals surface area contributed by atoms with E-state index >= 15 is 0 Å². The van der Waals surface area contributed by atoms with Gasteiger partial charge >= 0.3 is 0 Å². The van der Waals surface area contributed by atoms with Crippen molar-refractivity contribution in [2.75, 3.05) is 0 Å². The van der Waals surface area contributed by atoms with Gasteiger partial charge in [-0.25, -0.2) is 10.4 Å². The predicted octanol–water partition coefficient (Wildman–Crippen LogP) is 1.59. The highest BCUT2D eigenvalue weighted by Crippen LogP contribution is 2.24. The number of nitrogens with two attached hydrogens (primary N) is 1. The van der Waals surface area contributed by atoms with Crippen LogP contribution in [0.25, 0.3) is 0 Å². The number of aromatic nitrogens is 2. The molecule has 1 heterocycles. The molecule has 2 aromatic rings. The quantitative estimate of drug-likeness (QED) is 0.622. The second kappa shape index (κ2) is 4.69. The predicted molar refractivity (Wildman–Crippen MR) is 68.3 cm³/mol. The van der Waals surface area contributed by atoms with Gasteiger partial charge in [-0.3, -0.25) is 5.84 Å². The van der Waals surface area contributed by atoms with Crippen molar-refractivity contribution in [3.8, 4) is 0 Å². The maximum Gasteiger partial charge on any atom is 0.0946 e. The molecule has 0 saturated carbocycles. The van der Waals surface area contributed by atoms with Gasteiger partial charge in [0.15, 0.2) is 0 Å². The highest BCUT2D eigenvalue weighted by atomic mass is 15.2. The van der Waals surface area contributed by atoms with E-state index in [4.69, 9.17) is 5.84 Å². The summed E-state index contributed by atoms with van der Waals surface area (Å²) >= 11 is 0. The Kier molecular flexibility index (Phi) is 3.26. The first-order valence-electron chi connectivity index (χ1n) is 5.63. The van der Waals surface area contributed by atoms with Gasteiger partial charge in [-0.05, 0) is 25.0 Å². The Balaban J connectivity index is 2.46. The fourth-order valence-electron chi connectivity index (χ4n) is 2.13. The maximum absolute atomic E-state index is 5.68. The van der Waals surface area contributed by atoms with Crippen molar-refractivity contribution in [3.63, 3.8) is 0 Å². The van der Waals surface area contributed by atoms with Crippen LogP contribution in [0, 0.1) is 13.8 Å². The van der Waals surface area contributed by atoms with Crippen LogP contribution < -0.4 is 11.3 Å². The van der Waals surface area contributed by atoms with Gasteiger partial charge in [-0.15, -0.1) is 0 Å². The topological polar surface area (TPSA) is 55.9 Å². The van der Waals surface area contributed by atoms with Crippen LogP contribution in [-0.2, 0) is 7.05 Å². The van der Waals surface area contributed by atoms with Crippen molar-refractivity contribution >= 4 is 0 Å². The minimum atomic E-state index is -0.0249. The van der Waals surface area contributed by atoms with Crippen LogP contribution in [0.3, 0.4) is 0 Å². The first-order chi connectivity index (χ1) is 8.13. The Morgan fingerprint density at radius 2 is 2.12 bits per heavy atom. The zero-order chi connectivity index (χ0) is 12.4. The van der Waals surface area contributed by atoms with E-state index in [9.17, 15) is 0 Å². The lowest BCUT2D eigenvalue weighted by Gasteiger charge is -2.19. The van der Waals surface area contributed by atoms with Crippen molar-refractivity contribution in [1.29, 1.82) is 0 Å². The largest absolute Gasteiger partial charge is 0.336 e. The van der Waals surface area contributed by atoms with Crippen LogP contribution in [0.15, 0.2) is 30.7 Å². The summed E-state index contributed by atoms with van der Waals surface area (Å²) in [5, 5.41) is 0. The van der Waals surface area contributed by atoms with Crippen molar-refractivity contribution in [2.24, 2.45) is 12.9 Å². The second-order valence-electron chi connectivity index (χ2n) is 4.39. The lowest BCUT2D eigenvalue weighted by Crippen LogP contribution is -2.30. The zero-order valence-electron chi connectivity index (χ0n) is 10.4. The SMILES string of the molecule is Cc1ccc(C(NN)c2cncn2C)c(C)c1. The first-order valence-corrected chi connectivity index (χ1v) is 5.63. The first kappa shape index (κ1) is 11.8. The highest BCUT2D eigenvalue weighted by molar-refractivity contribution is 5.36. The molecule has 4 heteroatoms. The van der Waals surface area contributed by atoms with Gasteiger partial charge in [0.05, 0.1) is 24.3 Å². The normalized spacial score (nSPS) is 12.7. The Morgan fingerprint density at radius 3 is 2.65 bits per heavy atom. The third kappa shape index (κ3) is 2.23. The van der Waals surface area contributed by atoms with Crippen LogP contribution in [0.4, 0.5) is 0 Å². The monoisotopic (exact) mass is 230 g/mol. The molecule has 1 unspecified atom stereocenters. The Labute approximate surface area is 101 Å². The standard InChI is InChI=1S/C13H18N4/c1-9-4-5-11(10(2)6-9)13(16-14)12-7-15-8-17(12)3/h4-8,13,16H,14H2,1-3H3. The summed E-state index contributed by atoms with van der Waals surface area (Å²) in [7, 11) is 1.97. The molecule has 1 aromatic heterocycles. The molecule has 1 atom stereocenters. The fourth-order valence-corrected chi connectivity index (χ4v) is 2.13. The Hall–Kier alpha value is -1.65. The fraction of sp³-hybridized carbons (Fsp3) is 0.308. The number of rotatable bonds is 3. The summed E-state index contributed by atoms with van der Waals surface area (Å²) in [6.07, 6.45) is 3.62. The number of hydrogen-bond donors (Lipinski definition) is 2. The van der Waals surface area contributed by atoms with E-state index in [1.807, 2.05) is 17.8 Å². The van der Waals surface area contributed by atoms with Gasteiger partial charge < -0.3 is 4.57 Å². The lowest BCUT2D eigenvalue weighted by atomic mass is 9.98. The molecule has 0 aliphatic heterocycles. The van der Waals surface area contributed by atoms with Crippen molar-refractivity contribution in [3.05, 3.63) is 53.1 Å². The zero-order valence-corrected chi connectivity index (χ0v) is 10.4. The van der Waals surface area contributed by atoms with E-state index in [0.29, 0.717) is 0 Å². The molecular weight excluding hydrogens is 212 g/mol. The van der Waals surface area contributed by atoms with Gasteiger partial charge in [0, 0.05) is 7.05 Å². The smallest absolute Gasteiger partial charge is 0.0946 e. The van der Waals surface area contributed by atoms with Crippen LogP contribution in [0.2, 0.25) is 0 Å². The Morgan fingerprint density at radius 1 is 1.35 bits per heavy atom. The van der Waals surface area contributed by atoms with Crippen LogP contribution >= 0.6 is 0 Å². The van der Waals surface area contributed by atoms with Gasteiger partial charge in [0.1, 0.15) is 0 Å². The summed E-state index contributed by atoms with van der Waals surface area (Å²) in [6, 6.07) is 6.35. The van der Waals surface area contributed by atoms with Crippen LogP contribution in [0.1, 0.15) is 28.4 Å².